The van der Waals surface area contributed by atoms with Crippen LogP contribution >= 0.6 is 11.3 Å². The summed E-state index contributed by atoms with van der Waals surface area (Å²) in [6, 6.07) is 8.48. The second-order valence-corrected chi connectivity index (χ2v) is 4.59. The van der Waals surface area contributed by atoms with E-state index in [-0.39, 0.29) is 0 Å². The predicted octanol–water partition coefficient (Wildman–Crippen LogP) is 3.04. The van der Waals surface area contributed by atoms with Crippen LogP contribution in [0.2, 0.25) is 0 Å². The molecule has 0 radical (unpaired) electrons. The molecule has 1 aromatic heterocycles. The third-order valence-corrected chi connectivity index (χ3v) is 3.42. The van der Waals surface area contributed by atoms with Crippen LogP contribution in [0.25, 0.3) is 11.3 Å². The van der Waals surface area contributed by atoms with Crippen molar-refractivity contribution < 1.29 is 4.74 Å². The van der Waals surface area contributed by atoms with Crippen LogP contribution in [0.15, 0.2) is 29.6 Å². The number of hydrogen-bond donors (Lipinski definition) is 1. The zero-order valence-corrected chi connectivity index (χ0v) is 10.9. The first-order chi connectivity index (χ1) is 8.33. The quantitative estimate of drug-likeness (QED) is 0.883. The van der Waals surface area contributed by atoms with Gasteiger partial charge in [0.2, 0.25) is 0 Å². The third-order valence-electron chi connectivity index (χ3n) is 2.56. The average Bonchev–Trinajstić information content (AvgIpc) is 2.86. The molecule has 3 nitrogen and oxygen atoms in total. The fraction of sp³-hybridized carbons (Fsp3) is 0.308. The van der Waals surface area contributed by atoms with Crippen molar-refractivity contribution in [1.82, 2.24) is 4.98 Å². The monoisotopic (exact) mass is 248 g/mol. The highest BCUT2D eigenvalue weighted by molar-refractivity contribution is 7.14. The van der Waals surface area contributed by atoms with E-state index >= 15 is 0 Å². The van der Waals surface area contributed by atoms with Gasteiger partial charge in [-0.15, -0.1) is 11.3 Å². The molecule has 90 valence electrons. The van der Waals surface area contributed by atoms with Gasteiger partial charge >= 0.3 is 0 Å². The molecule has 2 rings (SSSR count). The molecule has 0 amide bonds. The van der Waals surface area contributed by atoms with Crippen LogP contribution in [0, 0.1) is 0 Å². The van der Waals surface area contributed by atoms with Crippen molar-refractivity contribution in [1.29, 1.82) is 0 Å². The Hall–Kier alpha value is -1.39. The number of aromatic nitrogens is 1. The van der Waals surface area contributed by atoms with Crippen LogP contribution < -0.4 is 5.32 Å². The minimum absolute atomic E-state index is 0.764. The summed E-state index contributed by atoms with van der Waals surface area (Å²) in [6.07, 6.45) is 0.954. The van der Waals surface area contributed by atoms with E-state index < -0.39 is 0 Å². The lowest BCUT2D eigenvalue weighted by molar-refractivity contribution is 0.202. The molecule has 4 heteroatoms. The van der Waals surface area contributed by atoms with Crippen LogP contribution in [0.3, 0.4) is 0 Å². The third kappa shape index (κ3) is 3.05. The van der Waals surface area contributed by atoms with Crippen LogP contribution in [0.4, 0.5) is 5.13 Å². The van der Waals surface area contributed by atoms with E-state index in [0.717, 1.165) is 29.4 Å². The second-order valence-electron chi connectivity index (χ2n) is 3.73. The van der Waals surface area contributed by atoms with E-state index in [9.17, 15) is 0 Å². The average molecular weight is 248 g/mol. The Bertz CT molecular complexity index is 465. The summed E-state index contributed by atoms with van der Waals surface area (Å²) >= 11 is 1.62. The summed E-state index contributed by atoms with van der Waals surface area (Å²) in [6.45, 7) is 0.764. The predicted molar refractivity (Wildman–Crippen MR) is 72.7 cm³/mol. The van der Waals surface area contributed by atoms with E-state index in [0.29, 0.717) is 0 Å². The largest absolute Gasteiger partial charge is 0.384 e. The smallest absolute Gasteiger partial charge is 0.182 e. The summed E-state index contributed by atoms with van der Waals surface area (Å²) < 4.78 is 5.06. The van der Waals surface area contributed by atoms with Gasteiger partial charge in [0.15, 0.2) is 5.13 Å². The van der Waals surface area contributed by atoms with Crippen molar-refractivity contribution in [3.8, 4) is 11.3 Å². The molecular weight excluding hydrogens is 232 g/mol. The Morgan fingerprint density at radius 2 is 2.06 bits per heavy atom. The molecule has 0 aliphatic rings. The topological polar surface area (TPSA) is 34.2 Å². The number of nitrogens with one attached hydrogen (secondary N) is 1. The fourth-order valence-electron chi connectivity index (χ4n) is 1.58. The lowest BCUT2D eigenvalue weighted by Gasteiger charge is -2.01. The zero-order chi connectivity index (χ0) is 12.1. The molecule has 0 aliphatic carbocycles. The molecular formula is C13H16N2OS. The van der Waals surface area contributed by atoms with Gasteiger partial charge in [0.1, 0.15) is 0 Å². The van der Waals surface area contributed by atoms with Crippen LogP contribution in [0.1, 0.15) is 5.56 Å². The fourth-order valence-corrected chi connectivity index (χ4v) is 2.26. The molecule has 0 fully saturated rings. The summed E-state index contributed by atoms with van der Waals surface area (Å²) in [7, 11) is 3.61. The number of rotatable bonds is 5. The lowest BCUT2D eigenvalue weighted by atomic mass is 10.1. The van der Waals surface area contributed by atoms with Gasteiger partial charge in [-0.1, -0.05) is 24.3 Å². The van der Waals surface area contributed by atoms with E-state index in [1.807, 2.05) is 7.05 Å². The standard InChI is InChI=1S/C13H16N2OS/c1-14-13-15-12(9-17-13)11-5-3-10(4-6-11)7-8-16-2/h3-6,9H,7-8H2,1-2H3,(H,14,15). The van der Waals surface area contributed by atoms with E-state index in [1.165, 1.54) is 5.56 Å². The minimum atomic E-state index is 0.764. The van der Waals surface area contributed by atoms with Gasteiger partial charge in [-0.05, 0) is 12.0 Å². The van der Waals surface area contributed by atoms with Crippen LogP contribution in [0.5, 0.6) is 0 Å². The van der Waals surface area contributed by atoms with Gasteiger partial charge in [-0.3, -0.25) is 0 Å². The molecule has 0 saturated heterocycles. The van der Waals surface area contributed by atoms with Crippen molar-refractivity contribution in [2.24, 2.45) is 0 Å². The maximum atomic E-state index is 5.06. The van der Waals surface area contributed by atoms with Gasteiger partial charge in [-0.2, -0.15) is 0 Å². The number of thiazole rings is 1. The number of benzene rings is 1. The van der Waals surface area contributed by atoms with Gasteiger partial charge < -0.3 is 10.1 Å². The Morgan fingerprint density at radius 1 is 1.29 bits per heavy atom. The molecule has 0 atom stereocenters. The first kappa shape index (κ1) is 12.1. The molecule has 1 heterocycles. The molecule has 0 bridgehead atoms. The normalized spacial score (nSPS) is 10.5. The Morgan fingerprint density at radius 3 is 2.65 bits per heavy atom. The summed E-state index contributed by atoms with van der Waals surface area (Å²) in [5, 5.41) is 6.06. The first-order valence-corrected chi connectivity index (χ1v) is 6.43. The number of hydrogen-bond acceptors (Lipinski definition) is 4. The lowest BCUT2D eigenvalue weighted by Crippen LogP contribution is -1.93. The summed E-state index contributed by atoms with van der Waals surface area (Å²) in [5.41, 5.74) is 3.47. The van der Waals surface area contributed by atoms with Gasteiger partial charge in [0, 0.05) is 25.1 Å². The van der Waals surface area contributed by atoms with Gasteiger partial charge in [0.05, 0.1) is 12.3 Å². The number of methoxy groups -OCH3 is 1. The molecule has 17 heavy (non-hydrogen) atoms. The second kappa shape index (κ2) is 5.80. The van der Waals surface area contributed by atoms with Crippen molar-refractivity contribution in [3.63, 3.8) is 0 Å². The molecule has 0 unspecified atom stereocenters. The molecule has 0 saturated carbocycles. The highest BCUT2D eigenvalue weighted by atomic mass is 32.1. The summed E-state index contributed by atoms with van der Waals surface area (Å²) in [5.74, 6) is 0. The van der Waals surface area contributed by atoms with Crippen LogP contribution in [-0.2, 0) is 11.2 Å². The Kier molecular flexibility index (Phi) is 4.12. The van der Waals surface area contributed by atoms with Crippen molar-refractivity contribution >= 4 is 16.5 Å². The van der Waals surface area contributed by atoms with Crippen LogP contribution in [-0.4, -0.2) is 25.7 Å². The van der Waals surface area contributed by atoms with Crippen molar-refractivity contribution in [3.05, 3.63) is 35.2 Å². The number of nitrogens with zero attached hydrogens (tertiary/aromatic N) is 1. The summed E-state index contributed by atoms with van der Waals surface area (Å²) in [4.78, 5) is 4.47. The molecule has 0 spiro atoms. The van der Waals surface area contributed by atoms with Gasteiger partial charge in [0.25, 0.3) is 0 Å². The van der Waals surface area contributed by atoms with E-state index in [2.05, 4.69) is 39.9 Å². The SMILES string of the molecule is CNc1nc(-c2ccc(CCOC)cc2)cs1. The Labute approximate surface area is 105 Å². The maximum Gasteiger partial charge on any atom is 0.182 e. The first-order valence-electron chi connectivity index (χ1n) is 5.55. The molecule has 1 aromatic carbocycles. The zero-order valence-electron chi connectivity index (χ0n) is 10.1. The minimum Gasteiger partial charge on any atom is -0.384 e. The highest BCUT2D eigenvalue weighted by Crippen LogP contribution is 2.24. The number of anilines is 1. The number of ether oxygens (including phenoxy) is 1. The van der Waals surface area contributed by atoms with Gasteiger partial charge in [-0.25, -0.2) is 4.98 Å². The van der Waals surface area contributed by atoms with E-state index in [1.54, 1.807) is 18.4 Å². The Balaban J connectivity index is 2.11. The molecule has 2 aromatic rings. The van der Waals surface area contributed by atoms with E-state index in [4.69, 9.17) is 4.74 Å². The maximum absolute atomic E-state index is 5.06. The molecule has 0 aliphatic heterocycles. The van der Waals surface area contributed by atoms with Crippen molar-refractivity contribution in [2.75, 3.05) is 26.1 Å². The molecule has 1 N–H and O–H groups in total. The van der Waals surface area contributed by atoms with Crippen molar-refractivity contribution in [2.45, 2.75) is 6.42 Å². The highest BCUT2D eigenvalue weighted by Gasteiger charge is 2.03.